The van der Waals surface area contributed by atoms with Crippen LogP contribution in [0.1, 0.15) is 67.1 Å². The van der Waals surface area contributed by atoms with Crippen molar-refractivity contribution in [1.82, 2.24) is 0 Å². The molecular weight excluding hydrogens is 376 g/mol. The Labute approximate surface area is 176 Å². The minimum absolute atomic E-state index is 0.232. The van der Waals surface area contributed by atoms with Crippen molar-refractivity contribution < 1.29 is 19.1 Å². The van der Waals surface area contributed by atoms with Gasteiger partial charge < -0.3 is 9.47 Å². The minimum atomic E-state index is -0.304. The van der Waals surface area contributed by atoms with E-state index < -0.39 is 0 Å². The van der Waals surface area contributed by atoms with Crippen LogP contribution in [-0.2, 0) is 19.1 Å². The highest BCUT2D eigenvalue weighted by atomic mass is 16.6. The number of carbonyl (C=O) groups excluding carboxylic acids is 2. The molecule has 30 heavy (non-hydrogen) atoms. The molecule has 2 heterocycles. The van der Waals surface area contributed by atoms with Gasteiger partial charge in [-0.1, -0.05) is 63.4 Å². The summed E-state index contributed by atoms with van der Waals surface area (Å²) in [7, 11) is 0. The Hall–Kier alpha value is -3.14. The summed E-state index contributed by atoms with van der Waals surface area (Å²) in [5.74, 6) is 0.0104. The fourth-order valence-corrected chi connectivity index (χ4v) is 4.95. The maximum atomic E-state index is 11.8. The molecule has 5 rings (SSSR count). The quantitative estimate of drug-likeness (QED) is 0.501. The molecule has 2 aromatic rings. The van der Waals surface area contributed by atoms with Crippen LogP contribution in [0.25, 0.3) is 11.1 Å². The van der Waals surface area contributed by atoms with Crippen LogP contribution in [0.5, 0.6) is 0 Å². The van der Waals surface area contributed by atoms with E-state index in [9.17, 15) is 9.59 Å². The van der Waals surface area contributed by atoms with Crippen molar-refractivity contribution in [2.24, 2.45) is 5.92 Å². The highest BCUT2D eigenvalue weighted by molar-refractivity contribution is 5.91. The van der Waals surface area contributed by atoms with Gasteiger partial charge in [0.2, 0.25) is 0 Å². The fourth-order valence-electron chi connectivity index (χ4n) is 4.95. The molecule has 0 saturated carbocycles. The molecule has 0 spiro atoms. The summed E-state index contributed by atoms with van der Waals surface area (Å²) in [5, 5.41) is 0. The molecule has 0 N–H and O–H groups in total. The van der Waals surface area contributed by atoms with Crippen LogP contribution in [0.3, 0.4) is 0 Å². The number of ether oxygens (including phenoxy) is 2. The average Bonchev–Trinajstić information content (AvgIpc) is 3.34. The van der Waals surface area contributed by atoms with Crippen LogP contribution in [-0.4, -0.2) is 11.9 Å². The van der Waals surface area contributed by atoms with E-state index in [1.807, 2.05) is 0 Å². The van der Waals surface area contributed by atoms with Crippen molar-refractivity contribution in [3.05, 3.63) is 83.0 Å². The first kappa shape index (κ1) is 18.9. The maximum absolute atomic E-state index is 11.8. The Morgan fingerprint density at radius 2 is 1.23 bits per heavy atom. The average molecular weight is 400 g/mol. The lowest BCUT2D eigenvalue weighted by Crippen LogP contribution is -2.07. The molecule has 3 aliphatic rings. The number of benzene rings is 2. The van der Waals surface area contributed by atoms with Crippen molar-refractivity contribution in [1.29, 1.82) is 0 Å². The number of hydrogen-bond donors (Lipinski definition) is 0. The minimum Gasteiger partial charge on any atom is -0.454 e. The summed E-state index contributed by atoms with van der Waals surface area (Å²) in [4.78, 5) is 23.6. The molecule has 0 amide bonds. The molecule has 2 aliphatic heterocycles. The molecule has 2 fully saturated rings. The molecule has 0 bridgehead atoms. The van der Waals surface area contributed by atoms with Gasteiger partial charge in [0.1, 0.15) is 12.2 Å². The van der Waals surface area contributed by atoms with Crippen molar-refractivity contribution >= 4 is 11.9 Å². The predicted molar refractivity (Wildman–Crippen MR) is 114 cm³/mol. The van der Waals surface area contributed by atoms with Gasteiger partial charge in [0.25, 0.3) is 0 Å². The smallest absolute Gasteiger partial charge is 0.334 e. The lowest BCUT2D eigenvalue weighted by Gasteiger charge is -2.20. The first-order valence-electron chi connectivity index (χ1n) is 10.4. The van der Waals surface area contributed by atoms with Crippen LogP contribution >= 0.6 is 0 Å². The summed E-state index contributed by atoms with van der Waals surface area (Å²) >= 11 is 0. The molecule has 2 atom stereocenters. The van der Waals surface area contributed by atoms with Gasteiger partial charge in [-0.3, -0.25) is 0 Å². The van der Waals surface area contributed by atoms with Crippen molar-refractivity contribution in [3.63, 3.8) is 0 Å². The van der Waals surface area contributed by atoms with E-state index in [0.29, 0.717) is 29.9 Å². The number of esters is 2. The zero-order valence-corrected chi connectivity index (χ0v) is 17.2. The zero-order valence-electron chi connectivity index (χ0n) is 17.2. The van der Waals surface area contributed by atoms with Gasteiger partial charge in [0, 0.05) is 29.9 Å². The van der Waals surface area contributed by atoms with E-state index in [0.717, 1.165) is 11.1 Å². The van der Waals surface area contributed by atoms with Gasteiger partial charge in [-0.15, -0.1) is 0 Å². The monoisotopic (exact) mass is 400 g/mol. The number of hydrogen-bond acceptors (Lipinski definition) is 4. The Balaban J connectivity index is 1.54. The first-order chi connectivity index (χ1) is 14.3. The number of fused-ring (bicyclic) bond motifs is 3. The highest BCUT2D eigenvalue weighted by Gasteiger charge is 2.36. The normalized spacial score (nSPS) is 24.8. The molecule has 0 radical (unpaired) electrons. The van der Waals surface area contributed by atoms with Gasteiger partial charge in [-0.25, -0.2) is 9.59 Å². The lowest BCUT2D eigenvalue weighted by atomic mass is 9.84. The summed E-state index contributed by atoms with van der Waals surface area (Å²) in [5.41, 5.74) is 8.04. The van der Waals surface area contributed by atoms with E-state index in [1.54, 1.807) is 0 Å². The molecule has 2 unspecified atom stereocenters. The molecule has 152 valence electrons. The van der Waals surface area contributed by atoms with Crippen molar-refractivity contribution in [3.8, 4) is 11.1 Å². The topological polar surface area (TPSA) is 52.6 Å². The molecule has 2 aromatic carbocycles. The molecule has 4 nitrogen and oxygen atoms in total. The van der Waals surface area contributed by atoms with E-state index >= 15 is 0 Å². The van der Waals surface area contributed by atoms with E-state index in [2.05, 4.69) is 63.4 Å². The third-order valence-electron chi connectivity index (χ3n) is 6.46. The Kier molecular flexibility index (Phi) is 4.21. The molecule has 4 heteroatoms. The first-order valence-corrected chi connectivity index (χ1v) is 10.4. The summed E-state index contributed by atoms with van der Waals surface area (Å²) in [6.07, 6.45) is 0.563. The van der Waals surface area contributed by atoms with Gasteiger partial charge in [-0.2, -0.15) is 0 Å². The predicted octanol–water partition coefficient (Wildman–Crippen LogP) is 5.54. The molecule has 1 aliphatic carbocycles. The van der Waals surface area contributed by atoms with Gasteiger partial charge in [0.05, 0.1) is 0 Å². The highest BCUT2D eigenvalue weighted by Crippen LogP contribution is 2.50. The molecule has 2 saturated heterocycles. The third kappa shape index (κ3) is 2.82. The van der Waals surface area contributed by atoms with E-state index in [4.69, 9.17) is 9.47 Å². The Bertz CT molecular complexity index is 1010. The van der Waals surface area contributed by atoms with Crippen LogP contribution < -0.4 is 0 Å². The van der Waals surface area contributed by atoms with Crippen LogP contribution in [0.4, 0.5) is 0 Å². The van der Waals surface area contributed by atoms with Crippen molar-refractivity contribution in [2.45, 2.75) is 44.8 Å². The fraction of sp³-hybridized carbons (Fsp3) is 0.308. The second-order valence-corrected chi connectivity index (χ2v) is 8.82. The largest absolute Gasteiger partial charge is 0.454 e. The van der Waals surface area contributed by atoms with Crippen LogP contribution in [0.2, 0.25) is 0 Å². The summed E-state index contributed by atoms with van der Waals surface area (Å²) in [6, 6.07) is 12.8. The van der Waals surface area contributed by atoms with E-state index in [-0.39, 0.29) is 30.1 Å². The van der Waals surface area contributed by atoms with E-state index in [1.165, 1.54) is 22.3 Å². The Morgan fingerprint density at radius 1 is 0.800 bits per heavy atom. The second-order valence-electron chi connectivity index (χ2n) is 8.82. The Morgan fingerprint density at radius 3 is 1.57 bits per heavy atom. The maximum Gasteiger partial charge on any atom is 0.334 e. The van der Waals surface area contributed by atoms with Crippen LogP contribution in [0.15, 0.2) is 60.7 Å². The number of rotatable bonds is 3. The number of carbonyl (C=O) groups is 2. The standard InChI is InChI=1S/C26H24O4/c1-13(2)24-20-11-16(22-9-14(3)25(27)29-22)5-7-18(20)19-8-6-17(12-21(19)24)23-10-15(4)26(28)30-23/h5-8,11-13,22-24H,3-4,9-10H2,1-2H3. The SMILES string of the molecule is C=C1CC(c2ccc3c(c2)C(C(C)C)c2cc(C4CC(=C)C(=O)O4)ccc2-3)OC1=O. The lowest BCUT2D eigenvalue weighted by molar-refractivity contribution is -0.140. The molecular formula is C26H24O4. The summed E-state index contributed by atoms with van der Waals surface area (Å²) in [6.45, 7) is 12.0. The third-order valence-corrected chi connectivity index (χ3v) is 6.46. The van der Waals surface area contributed by atoms with Crippen LogP contribution in [0, 0.1) is 5.92 Å². The van der Waals surface area contributed by atoms with Crippen molar-refractivity contribution in [2.75, 3.05) is 0 Å². The number of cyclic esters (lactones) is 2. The molecule has 0 aromatic heterocycles. The second kappa shape index (κ2) is 6.69. The van der Waals surface area contributed by atoms with Gasteiger partial charge in [-0.05, 0) is 39.3 Å². The van der Waals surface area contributed by atoms with Gasteiger partial charge in [0.15, 0.2) is 0 Å². The summed E-state index contributed by atoms with van der Waals surface area (Å²) < 4.78 is 11.0. The zero-order chi connectivity index (χ0) is 21.2. The van der Waals surface area contributed by atoms with Gasteiger partial charge >= 0.3 is 11.9 Å².